The molecule has 1 atom stereocenters. The smallest absolute Gasteiger partial charge is 0.316 e. The number of halogens is 2. The number of carbonyl (C=O) groups excluding carboxylic acids is 1. The van der Waals surface area contributed by atoms with Crippen LogP contribution in [0.2, 0.25) is 10.0 Å². The number of hydrogen-bond donors (Lipinski definition) is 1. The van der Waals surface area contributed by atoms with Crippen LogP contribution in [-0.4, -0.2) is 44.5 Å². The van der Waals surface area contributed by atoms with Gasteiger partial charge in [0.1, 0.15) is 5.69 Å². The number of fused-ring (bicyclic) bond motifs is 1. The number of rotatable bonds is 3. The van der Waals surface area contributed by atoms with E-state index in [9.17, 15) is 14.7 Å². The molecule has 0 spiro atoms. The van der Waals surface area contributed by atoms with Gasteiger partial charge in [-0.15, -0.1) is 0 Å². The Bertz CT molecular complexity index is 740. The van der Waals surface area contributed by atoms with Gasteiger partial charge in [-0.3, -0.25) is 9.59 Å². The molecule has 4 nitrogen and oxygen atoms in total. The highest BCUT2D eigenvalue weighted by Gasteiger charge is 2.33. The molecule has 0 radical (unpaired) electrons. The van der Waals surface area contributed by atoms with Crippen molar-refractivity contribution in [1.29, 1.82) is 0 Å². The molecular formula is C15H13Cl2MgNO3. The van der Waals surface area contributed by atoms with E-state index in [2.05, 4.69) is 0 Å². The van der Waals surface area contributed by atoms with Crippen LogP contribution in [0, 0.1) is 0 Å². The second-order valence-corrected chi connectivity index (χ2v) is 5.78. The first-order valence-electron chi connectivity index (χ1n) is 6.41. The molecule has 22 heavy (non-hydrogen) atoms. The van der Waals surface area contributed by atoms with E-state index in [-0.39, 0.29) is 33.9 Å². The standard InChI is InChI=1S/C15H11Cl2NO3.Mg.2H/c16-9-3-1-8(2-4-9)14(19)13-11(17)7-12-10(15(20)21)5-6-18(12)13;;;/h1-4,7,10H,5-6H2,(H,20,21);;;. The van der Waals surface area contributed by atoms with Crippen LogP contribution in [0.5, 0.6) is 0 Å². The Morgan fingerprint density at radius 3 is 2.41 bits per heavy atom. The highest BCUT2D eigenvalue weighted by Crippen LogP contribution is 2.36. The largest absolute Gasteiger partial charge is 0.481 e. The van der Waals surface area contributed by atoms with Crippen LogP contribution >= 0.6 is 23.2 Å². The second-order valence-electron chi connectivity index (χ2n) is 4.93. The van der Waals surface area contributed by atoms with E-state index >= 15 is 0 Å². The molecular weight excluding hydrogens is 337 g/mol. The molecule has 0 amide bonds. The summed E-state index contributed by atoms with van der Waals surface area (Å²) in [4.78, 5) is 23.8. The molecule has 0 saturated heterocycles. The Hall–Kier alpha value is -1.01. The summed E-state index contributed by atoms with van der Waals surface area (Å²) in [7, 11) is 0. The molecule has 1 unspecified atom stereocenters. The molecule has 0 saturated carbocycles. The molecule has 7 heteroatoms. The van der Waals surface area contributed by atoms with E-state index in [4.69, 9.17) is 23.2 Å². The summed E-state index contributed by atoms with van der Waals surface area (Å²) in [6.07, 6.45) is 0.475. The average Bonchev–Trinajstić information content (AvgIpc) is 2.96. The van der Waals surface area contributed by atoms with Gasteiger partial charge in [0.25, 0.3) is 0 Å². The van der Waals surface area contributed by atoms with Crippen LogP contribution in [0.4, 0.5) is 0 Å². The number of aliphatic carboxylic acids is 1. The Morgan fingerprint density at radius 1 is 1.18 bits per heavy atom. The summed E-state index contributed by atoms with van der Waals surface area (Å²) >= 11 is 12.0. The van der Waals surface area contributed by atoms with Crippen molar-refractivity contribution in [2.45, 2.75) is 18.9 Å². The van der Waals surface area contributed by atoms with Crippen LogP contribution in [0.1, 0.15) is 34.1 Å². The lowest BCUT2D eigenvalue weighted by atomic mass is 10.1. The molecule has 2 heterocycles. The maximum atomic E-state index is 12.6. The van der Waals surface area contributed by atoms with Gasteiger partial charge in [0.05, 0.1) is 10.9 Å². The normalized spacial score (nSPS) is 16.0. The predicted molar refractivity (Wildman–Crippen MR) is 87.9 cm³/mol. The molecule has 1 aromatic heterocycles. The molecule has 1 aliphatic rings. The fourth-order valence-corrected chi connectivity index (χ4v) is 3.11. The number of carboxylic acid groups (broad SMARTS) is 1. The maximum absolute atomic E-state index is 12.6. The molecule has 1 aromatic carbocycles. The van der Waals surface area contributed by atoms with Crippen molar-refractivity contribution in [1.82, 2.24) is 4.57 Å². The van der Waals surface area contributed by atoms with E-state index < -0.39 is 11.9 Å². The van der Waals surface area contributed by atoms with E-state index in [0.29, 0.717) is 34.9 Å². The van der Waals surface area contributed by atoms with E-state index in [1.54, 1.807) is 34.9 Å². The topological polar surface area (TPSA) is 59.3 Å². The SMILES string of the molecule is O=C(c1ccc(Cl)cc1)c1c(Cl)cc2n1CCC2C(=O)O.[MgH2]. The number of ketones is 1. The Balaban J connectivity index is 0.00000176. The third kappa shape index (κ3) is 2.90. The van der Waals surface area contributed by atoms with E-state index in [1.165, 1.54) is 0 Å². The van der Waals surface area contributed by atoms with Gasteiger partial charge in [0, 0.05) is 22.8 Å². The van der Waals surface area contributed by atoms with Crippen molar-refractivity contribution in [2.75, 3.05) is 0 Å². The minimum Gasteiger partial charge on any atom is -0.481 e. The van der Waals surface area contributed by atoms with Gasteiger partial charge in [-0.1, -0.05) is 23.2 Å². The maximum Gasteiger partial charge on any atom is 0.316 e. The summed E-state index contributed by atoms with van der Waals surface area (Å²) in [5.74, 6) is -1.73. The fourth-order valence-electron chi connectivity index (χ4n) is 2.69. The van der Waals surface area contributed by atoms with Gasteiger partial charge in [-0.25, -0.2) is 0 Å². The molecule has 3 rings (SSSR count). The van der Waals surface area contributed by atoms with Crippen molar-refractivity contribution in [3.8, 4) is 0 Å². The lowest BCUT2D eigenvalue weighted by Crippen LogP contribution is -2.10. The summed E-state index contributed by atoms with van der Waals surface area (Å²) in [6, 6.07) is 8.11. The second kappa shape index (κ2) is 6.62. The van der Waals surface area contributed by atoms with Gasteiger partial charge >= 0.3 is 29.0 Å². The quantitative estimate of drug-likeness (QED) is 0.684. The van der Waals surface area contributed by atoms with E-state index in [1.807, 2.05) is 0 Å². The van der Waals surface area contributed by atoms with Crippen molar-refractivity contribution >= 4 is 58.0 Å². The van der Waals surface area contributed by atoms with Crippen molar-refractivity contribution in [3.05, 3.63) is 57.3 Å². The number of nitrogens with zero attached hydrogens (tertiary/aromatic N) is 1. The Labute approximate surface area is 153 Å². The van der Waals surface area contributed by atoms with Crippen LogP contribution < -0.4 is 0 Å². The van der Waals surface area contributed by atoms with E-state index in [0.717, 1.165) is 0 Å². The molecule has 1 aliphatic heterocycles. The fraction of sp³-hybridized carbons (Fsp3) is 0.200. The number of hydrogen-bond acceptors (Lipinski definition) is 2. The van der Waals surface area contributed by atoms with Crippen molar-refractivity contribution in [2.24, 2.45) is 0 Å². The zero-order chi connectivity index (χ0) is 15.1. The Morgan fingerprint density at radius 2 is 1.82 bits per heavy atom. The van der Waals surface area contributed by atoms with Gasteiger partial charge in [0.15, 0.2) is 0 Å². The Kier molecular flexibility index (Phi) is 5.22. The van der Waals surface area contributed by atoms with Crippen molar-refractivity contribution in [3.63, 3.8) is 0 Å². The minimum atomic E-state index is -0.895. The number of carbonyl (C=O) groups is 2. The van der Waals surface area contributed by atoms with Gasteiger partial charge in [-0.05, 0) is 36.8 Å². The van der Waals surface area contributed by atoms with Crippen LogP contribution in [-0.2, 0) is 11.3 Å². The first-order chi connectivity index (χ1) is 9.99. The molecule has 2 aromatic rings. The number of benzene rings is 1. The zero-order valence-corrected chi connectivity index (χ0v) is 12.4. The van der Waals surface area contributed by atoms with Crippen LogP contribution in [0.3, 0.4) is 0 Å². The average molecular weight is 350 g/mol. The molecule has 112 valence electrons. The number of carboxylic acids is 1. The first kappa shape index (κ1) is 17.3. The molecule has 0 aliphatic carbocycles. The summed E-state index contributed by atoms with van der Waals surface area (Å²) in [6.45, 7) is 0.480. The molecule has 0 bridgehead atoms. The van der Waals surface area contributed by atoms with Gasteiger partial charge < -0.3 is 9.67 Å². The lowest BCUT2D eigenvalue weighted by molar-refractivity contribution is -0.138. The highest BCUT2D eigenvalue weighted by atomic mass is 35.5. The van der Waals surface area contributed by atoms with Crippen molar-refractivity contribution < 1.29 is 14.7 Å². The minimum absolute atomic E-state index is 0. The molecule has 0 fully saturated rings. The number of aromatic nitrogens is 1. The third-order valence-corrected chi connectivity index (χ3v) is 4.24. The van der Waals surface area contributed by atoms with Crippen LogP contribution in [0.25, 0.3) is 0 Å². The third-order valence-electron chi connectivity index (χ3n) is 3.70. The van der Waals surface area contributed by atoms with Gasteiger partial charge in [-0.2, -0.15) is 0 Å². The van der Waals surface area contributed by atoms with Crippen LogP contribution in [0.15, 0.2) is 30.3 Å². The lowest BCUT2D eigenvalue weighted by Gasteiger charge is -2.06. The first-order valence-corrected chi connectivity index (χ1v) is 7.16. The summed E-state index contributed by atoms with van der Waals surface area (Å²) in [5, 5.41) is 10.0. The zero-order valence-electron chi connectivity index (χ0n) is 10.8. The predicted octanol–water partition coefficient (Wildman–Crippen LogP) is 2.68. The highest BCUT2D eigenvalue weighted by molar-refractivity contribution is 6.35. The molecule has 1 N–H and O–H groups in total. The van der Waals surface area contributed by atoms with Gasteiger partial charge in [0.2, 0.25) is 5.78 Å². The summed E-state index contributed by atoms with van der Waals surface area (Å²) < 4.78 is 1.71. The summed E-state index contributed by atoms with van der Waals surface area (Å²) in [5.41, 5.74) is 1.41. The monoisotopic (exact) mass is 349 g/mol.